The van der Waals surface area contributed by atoms with E-state index >= 15 is 0 Å². The third-order valence-electron chi connectivity index (χ3n) is 3.94. The van der Waals surface area contributed by atoms with Crippen molar-refractivity contribution in [3.05, 3.63) is 30.1 Å². The van der Waals surface area contributed by atoms with Gasteiger partial charge in [-0.15, -0.1) is 0 Å². The van der Waals surface area contributed by atoms with Crippen molar-refractivity contribution in [1.29, 1.82) is 0 Å². The van der Waals surface area contributed by atoms with E-state index in [1.807, 2.05) is 24.4 Å². The maximum Gasteiger partial charge on any atom is 0.0570 e. The first-order valence-corrected chi connectivity index (χ1v) is 8.51. The fraction of sp³-hybridized carbons (Fsp3) is 0.722. The molecule has 1 unspecified atom stereocenters. The molecule has 114 valence electrons. The summed E-state index contributed by atoms with van der Waals surface area (Å²) < 4.78 is 0. The molecule has 2 nitrogen and oxygen atoms in total. The molecule has 2 N–H and O–H groups in total. The Morgan fingerprint density at radius 3 is 2.05 bits per heavy atom. The lowest BCUT2D eigenvalue weighted by Crippen LogP contribution is -2.11. The van der Waals surface area contributed by atoms with Crippen LogP contribution in [-0.2, 0) is 0 Å². The molecule has 0 saturated carbocycles. The summed E-state index contributed by atoms with van der Waals surface area (Å²) >= 11 is 0. The van der Waals surface area contributed by atoms with Gasteiger partial charge in [0.15, 0.2) is 0 Å². The number of rotatable bonds is 12. The first-order chi connectivity index (χ1) is 9.84. The van der Waals surface area contributed by atoms with Crippen molar-refractivity contribution in [2.75, 3.05) is 0 Å². The first kappa shape index (κ1) is 17.2. The highest BCUT2D eigenvalue weighted by Crippen LogP contribution is 2.16. The van der Waals surface area contributed by atoms with Gasteiger partial charge in [-0.05, 0) is 18.6 Å². The van der Waals surface area contributed by atoms with Crippen LogP contribution in [-0.4, -0.2) is 4.98 Å². The summed E-state index contributed by atoms with van der Waals surface area (Å²) in [5.74, 6) is 0. The summed E-state index contributed by atoms with van der Waals surface area (Å²) in [6.07, 6.45) is 16.6. The second-order valence-corrected chi connectivity index (χ2v) is 5.83. The standard InChI is InChI=1S/C18H32N2/c1-2-3-4-5-6-7-8-9-10-11-14-17(19)18-15-12-13-16-20-18/h12-13,15-17H,2-11,14,19H2,1H3. The summed E-state index contributed by atoms with van der Waals surface area (Å²) in [5.41, 5.74) is 7.17. The normalized spacial score (nSPS) is 12.5. The van der Waals surface area contributed by atoms with Crippen molar-refractivity contribution in [3.63, 3.8) is 0 Å². The number of nitrogens with zero attached hydrogens (tertiary/aromatic N) is 1. The molecule has 0 spiro atoms. The van der Waals surface area contributed by atoms with E-state index in [0.29, 0.717) is 0 Å². The number of unbranched alkanes of at least 4 members (excludes halogenated alkanes) is 9. The average Bonchev–Trinajstić information content (AvgIpc) is 2.50. The lowest BCUT2D eigenvalue weighted by atomic mass is 10.0. The van der Waals surface area contributed by atoms with Crippen LogP contribution in [0.5, 0.6) is 0 Å². The van der Waals surface area contributed by atoms with Gasteiger partial charge < -0.3 is 5.73 Å². The number of hydrogen-bond acceptors (Lipinski definition) is 2. The van der Waals surface area contributed by atoms with Crippen LogP contribution in [0.3, 0.4) is 0 Å². The van der Waals surface area contributed by atoms with Gasteiger partial charge >= 0.3 is 0 Å². The van der Waals surface area contributed by atoms with Gasteiger partial charge in [0.1, 0.15) is 0 Å². The van der Waals surface area contributed by atoms with Gasteiger partial charge in [-0.25, -0.2) is 0 Å². The van der Waals surface area contributed by atoms with E-state index in [1.54, 1.807) is 0 Å². The molecule has 0 aliphatic rings. The highest BCUT2D eigenvalue weighted by atomic mass is 14.8. The van der Waals surface area contributed by atoms with E-state index in [1.165, 1.54) is 64.2 Å². The van der Waals surface area contributed by atoms with E-state index in [0.717, 1.165) is 12.1 Å². The third-order valence-corrected chi connectivity index (χ3v) is 3.94. The first-order valence-electron chi connectivity index (χ1n) is 8.51. The Morgan fingerprint density at radius 2 is 1.50 bits per heavy atom. The van der Waals surface area contributed by atoms with E-state index < -0.39 is 0 Å². The highest BCUT2D eigenvalue weighted by Gasteiger charge is 2.05. The van der Waals surface area contributed by atoms with E-state index in [9.17, 15) is 0 Å². The van der Waals surface area contributed by atoms with Gasteiger partial charge in [-0.1, -0.05) is 77.2 Å². The van der Waals surface area contributed by atoms with Crippen LogP contribution in [0.2, 0.25) is 0 Å². The quantitative estimate of drug-likeness (QED) is 0.520. The predicted octanol–water partition coefficient (Wildman–Crippen LogP) is 5.39. The molecule has 1 heterocycles. The highest BCUT2D eigenvalue weighted by molar-refractivity contribution is 5.07. The topological polar surface area (TPSA) is 38.9 Å². The molecule has 1 aromatic rings. The Bertz CT molecular complexity index is 310. The lowest BCUT2D eigenvalue weighted by Gasteiger charge is -2.10. The molecule has 0 saturated heterocycles. The van der Waals surface area contributed by atoms with Crippen LogP contribution < -0.4 is 5.73 Å². The van der Waals surface area contributed by atoms with E-state index in [-0.39, 0.29) is 6.04 Å². The molecule has 0 aliphatic heterocycles. The average molecular weight is 276 g/mol. The molecule has 0 radical (unpaired) electrons. The molecular weight excluding hydrogens is 244 g/mol. The predicted molar refractivity (Wildman–Crippen MR) is 87.6 cm³/mol. The number of hydrogen-bond donors (Lipinski definition) is 1. The summed E-state index contributed by atoms with van der Waals surface area (Å²) in [6.45, 7) is 2.27. The minimum absolute atomic E-state index is 0.116. The van der Waals surface area contributed by atoms with Crippen molar-refractivity contribution in [1.82, 2.24) is 4.98 Å². The molecule has 1 atom stereocenters. The maximum atomic E-state index is 6.14. The Kier molecular flexibility index (Phi) is 10.2. The SMILES string of the molecule is CCCCCCCCCCCCC(N)c1ccccn1. The van der Waals surface area contributed by atoms with Crippen LogP contribution in [0.4, 0.5) is 0 Å². The second kappa shape index (κ2) is 11.9. The van der Waals surface area contributed by atoms with E-state index in [2.05, 4.69) is 11.9 Å². The monoisotopic (exact) mass is 276 g/mol. The zero-order chi connectivity index (χ0) is 14.5. The number of pyridine rings is 1. The third kappa shape index (κ3) is 8.31. The lowest BCUT2D eigenvalue weighted by molar-refractivity contribution is 0.525. The van der Waals surface area contributed by atoms with Crippen molar-refractivity contribution in [2.24, 2.45) is 5.73 Å². The van der Waals surface area contributed by atoms with Gasteiger partial charge in [0.2, 0.25) is 0 Å². The van der Waals surface area contributed by atoms with Crippen LogP contribution >= 0.6 is 0 Å². The minimum atomic E-state index is 0.116. The Hall–Kier alpha value is -0.890. The number of nitrogens with two attached hydrogens (primary N) is 1. The van der Waals surface area contributed by atoms with Crippen molar-refractivity contribution >= 4 is 0 Å². The van der Waals surface area contributed by atoms with Gasteiger partial charge in [-0.2, -0.15) is 0 Å². The summed E-state index contributed by atoms with van der Waals surface area (Å²) in [4.78, 5) is 4.32. The van der Waals surface area contributed by atoms with Crippen molar-refractivity contribution in [3.8, 4) is 0 Å². The Morgan fingerprint density at radius 1 is 0.900 bits per heavy atom. The fourth-order valence-electron chi connectivity index (χ4n) is 2.59. The summed E-state index contributed by atoms with van der Waals surface area (Å²) in [5, 5.41) is 0. The molecule has 1 rings (SSSR count). The molecular formula is C18H32N2. The molecule has 0 aliphatic carbocycles. The van der Waals surface area contributed by atoms with Crippen LogP contribution in [0.25, 0.3) is 0 Å². The Labute approximate surface area is 125 Å². The smallest absolute Gasteiger partial charge is 0.0570 e. The zero-order valence-electron chi connectivity index (χ0n) is 13.2. The van der Waals surface area contributed by atoms with Crippen LogP contribution in [0.15, 0.2) is 24.4 Å². The molecule has 20 heavy (non-hydrogen) atoms. The molecule has 1 aromatic heterocycles. The molecule has 0 amide bonds. The second-order valence-electron chi connectivity index (χ2n) is 5.83. The zero-order valence-corrected chi connectivity index (χ0v) is 13.2. The fourth-order valence-corrected chi connectivity index (χ4v) is 2.59. The summed E-state index contributed by atoms with van der Waals surface area (Å²) in [6, 6.07) is 6.10. The summed E-state index contributed by atoms with van der Waals surface area (Å²) in [7, 11) is 0. The number of aromatic nitrogens is 1. The van der Waals surface area contributed by atoms with Crippen LogP contribution in [0, 0.1) is 0 Å². The van der Waals surface area contributed by atoms with Gasteiger partial charge in [0.05, 0.1) is 5.69 Å². The Balaban J connectivity index is 1.90. The largest absolute Gasteiger partial charge is 0.323 e. The van der Waals surface area contributed by atoms with E-state index in [4.69, 9.17) is 5.73 Å². The van der Waals surface area contributed by atoms with Gasteiger partial charge in [-0.3, -0.25) is 4.98 Å². The van der Waals surface area contributed by atoms with Gasteiger partial charge in [0, 0.05) is 12.2 Å². The minimum Gasteiger partial charge on any atom is -0.323 e. The van der Waals surface area contributed by atoms with Crippen LogP contribution in [0.1, 0.15) is 89.3 Å². The molecule has 0 bridgehead atoms. The van der Waals surface area contributed by atoms with Crippen molar-refractivity contribution in [2.45, 2.75) is 83.6 Å². The van der Waals surface area contributed by atoms with Gasteiger partial charge in [0.25, 0.3) is 0 Å². The molecule has 0 fully saturated rings. The molecule has 0 aromatic carbocycles. The maximum absolute atomic E-state index is 6.14. The van der Waals surface area contributed by atoms with Crippen molar-refractivity contribution < 1.29 is 0 Å². The molecule has 2 heteroatoms.